The Morgan fingerprint density at radius 3 is 2.64 bits per heavy atom. The predicted molar refractivity (Wildman–Crippen MR) is 97.8 cm³/mol. The zero-order valence-corrected chi connectivity index (χ0v) is 14.1. The number of β-amino-alcohol motifs (C(OH)–C–C–N with tert-alkyl or cyclic N) is 1. The predicted octanol–water partition coefficient (Wildman–Crippen LogP) is 1.57. The maximum atomic E-state index is 11.8. The van der Waals surface area contributed by atoms with Crippen LogP contribution in [0.2, 0.25) is 0 Å². The summed E-state index contributed by atoms with van der Waals surface area (Å²) in [7, 11) is 0. The summed E-state index contributed by atoms with van der Waals surface area (Å²) >= 11 is 0. The van der Waals surface area contributed by atoms with Crippen LogP contribution in [-0.2, 0) is 17.8 Å². The molecule has 0 saturated heterocycles. The first-order chi connectivity index (χ1) is 12.2. The lowest BCUT2D eigenvalue weighted by molar-refractivity contribution is -0.116. The van der Waals surface area contributed by atoms with Crippen LogP contribution >= 0.6 is 0 Å². The van der Waals surface area contributed by atoms with Crippen molar-refractivity contribution in [2.24, 2.45) is 0 Å². The lowest BCUT2D eigenvalue weighted by atomic mass is 10.00. The van der Waals surface area contributed by atoms with E-state index in [4.69, 9.17) is 0 Å². The van der Waals surface area contributed by atoms with Crippen LogP contribution in [0.1, 0.15) is 16.7 Å². The van der Waals surface area contributed by atoms with Crippen molar-refractivity contribution in [2.75, 3.05) is 19.6 Å². The van der Waals surface area contributed by atoms with Crippen molar-refractivity contribution in [3.8, 4) is 11.8 Å². The second-order valence-electron chi connectivity index (χ2n) is 6.23. The van der Waals surface area contributed by atoms with E-state index in [0.717, 1.165) is 25.1 Å². The molecule has 1 aliphatic rings. The molecule has 3 rings (SSSR count). The van der Waals surface area contributed by atoms with Gasteiger partial charge in [0.1, 0.15) is 0 Å². The summed E-state index contributed by atoms with van der Waals surface area (Å²) in [5.74, 6) is 4.98. The molecular formula is C21H22N2O2. The van der Waals surface area contributed by atoms with Crippen LogP contribution in [0, 0.1) is 11.8 Å². The maximum absolute atomic E-state index is 11.8. The third kappa shape index (κ3) is 5.18. The van der Waals surface area contributed by atoms with Crippen LogP contribution in [0.25, 0.3) is 0 Å². The fourth-order valence-electron chi connectivity index (χ4n) is 2.98. The fraction of sp³-hybridized carbons (Fsp3) is 0.286. The van der Waals surface area contributed by atoms with Gasteiger partial charge in [0.05, 0.1) is 6.10 Å². The minimum Gasteiger partial charge on any atom is -0.390 e. The standard InChI is InChI=1S/C21H22N2O2/c24-20(14-22-21(25)11-10-17-6-2-1-3-7-17)16-23-13-12-18-8-4-5-9-19(18)15-23/h1-9,20,24H,12-16H2,(H,22,25). The number of benzene rings is 2. The third-order valence-electron chi connectivity index (χ3n) is 4.27. The third-order valence-corrected chi connectivity index (χ3v) is 4.27. The van der Waals surface area contributed by atoms with Gasteiger partial charge in [0.2, 0.25) is 0 Å². The van der Waals surface area contributed by atoms with Crippen molar-refractivity contribution in [1.29, 1.82) is 0 Å². The van der Waals surface area contributed by atoms with Crippen LogP contribution in [0.4, 0.5) is 0 Å². The molecule has 25 heavy (non-hydrogen) atoms. The SMILES string of the molecule is O=C(C#Cc1ccccc1)NCC(O)CN1CCc2ccccc2C1. The van der Waals surface area contributed by atoms with Crippen LogP contribution in [0.15, 0.2) is 54.6 Å². The molecule has 0 bridgehead atoms. The second-order valence-corrected chi connectivity index (χ2v) is 6.23. The molecule has 1 aliphatic heterocycles. The molecule has 1 amide bonds. The topological polar surface area (TPSA) is 52.6 Å². The summed E-state index contributed by atoms with van der Waals surface area (Å²) in [6, 6.07) is 17.8. The van der Waals surface area contributed by atoms with Crippen molar-refractivity contribution in [3.05, 3.63) is 71.3 Å². The lowest BCUT2D eigenvalue weighted by Gasteiger charge is -2.30. The number of amides is 1. The molecule has 1 unspecified atom stereocenters. The monoisotopic (exact) mass is 334 g/mol. The van der Waals surface area contributed by atoms with E-state index in [1.165, 1.54) is 11.1 Å². The molecule has 128 valence electrons. The number of nitrogens with zero attached hydrogens (tertiary/aromatic N) is 1. The molecule has 4 nitrogen and oxygen atoms in total. The van der Waals surface area contributed by atoms with Crippen LogP contribution in [-0.4, -0.2) is 41.7 Å². The summed E-state index contributed by atoms with van der Waals surface area (Å²) in [5.41, 5.74) is 3.50. The molecule has 0 saturated carbocycles. The first-order valence-electron chi connectivity index (χ1n) is 8.53. The van der Waals surface area contributed by atoms with Gasteiger partial charge in [0, 0.05) is 37.7 Å². The average molecular weight is 334 g/mol. The number of carbonyl (C=O) groups excluding carboxylic acids is 1. The Labute approximate surface area is 148 Å². The molecule has 1 heterocycles. The summed E-state index contributed by atoms with van der Waals surface area (Å²) in [5, 5.41) is 12.9. The first kappa shape index (κ1) is 17.2. The molecular weight excluding hydrogens is 312 g/mol. The Morgan fingerprint density at radius 1 is 1.12 bits per heavy atom. The number of fused-ring (bicyclic) bond motifs is 1. The van der Waals surface area contributed by atoms with Gasteiger partial charge >= 0.3 is 0 Å². The summed E-state index contributed by atoms with van der Waals surface area (Å²) < 4.78 is 0. The number of aliphatic hydroxyl groups excluding tert-OH is 1. The molecule has 0 spiro atoms. The van der Waals surface area contributed by atoms with Gasteiger partial charge in [-0.3, -0.25) is 9.69 Å². The normalized spacial score (nSPS) is 14.8. The summed E-state index contributed by atoms with van der Waals surface area (Å²) in [4.78, 5) is 14.0. The van der Waals surface area contributed by atoms with Gasteiger partial charge in [-0.1, -0.05) is 48.4 Å². The van der Waals surface area contributed by atoms with E-state index in [0.29, 0.717) is 6.54 Å². The lowest BCUT2D eigenvalue weighted by Crippen LogP contribution is -2.41. The van der Waals surface area contributed by atoms with Crippen LogP contribution < -0.4 is 5.32 Å². The van der Waals surface area contributed by atoms with Gasteiger partial charge in [-0.05, 0) is 29.7 Å². The van der Waals surface area contributed by atoms with E-state index in [1.54, 1.807) is 0 Å². The Bertz CT molecular complexity index is 777. The molecule has 0 aliphatic carbocycles. The van der Waals surface area contributed by atoms with E-state index >= 15 is 0 Å². The Morgan fingerprint density at radius 2 is 1.84 bits per heavy atom. The fourth-order valence-corrected chi connectivity index (χ4v) is 2.98. The minimum absolute atomic E-state index is 0.209. The first-order valence-corrected chi connectivity index (χ1v) is 8.53. The van der Waals surface area contributed by atoms with E-state index in [-0.39, 0.29) is 12.5 Å². The van der Waals surface area contributed by atoms with Crippen molar-refractivity contribution >= 4 is 5.91 Å². The van der Waals surface area contributed by atoms with Crippen molar-refractivity contribution in [3.63, 3.8) is 0 Å². The highest BCUT2D eigenvalue weighted by Gasteiger charge is 2.18. The molecule has 2 aromatic rings. The zero-order valence-electron chi connectivity index (χ0n) is 14.1. The number of rotatable bonds is 4. The quantitative estimate of drug-likeness (QED) is 0.835. The maximum Gasteiger partial charge on any atom is 0.296 e. The number of nitrogens with one attached hydrogen (secondary N) is 1. The Balaban J connectivity index is 1.43. The molecule has 0 fully saturated rings. The number of aliphatic hydroxyl groups is 1. The van der Waals surface area contributed by atoms with Gasteiger partial charge in [-0.2, -0.15) is 0 Å². The van der Waals surface area contributed by atoms with Crippen molar-refractivity contribution < 1.29 is 9.90 Å². The van der Waals surface area contributed by atoms with Crippen LogP contribution in [0.3, 0.4) is 0 Å². The van der Waals surface area contributed by atoms with Gasteiger partial charge in [0.25, 0.3) is 5.91 Å². The highest BCUT2D eigenvalue weighted by atomic mass is 16.3. The van der Waals surface area contributed by atoms with Crippen molar-refractivity contribution in [1.82, 2.24) is 10.2 Å². The molecule has 0 radical (unpaired) electrons. The van der Waals surface area contributed by atoms with E-state index in [1.807, 2.05) is 36.4 Å². The van der Waals surface area contributed by atoms with Crippen LogP contribution in [0.5, 0.6) is 0 Å². The number of hydrogen-bond donors (Lipinski definition) is 2. The second kappa shape index (κ2) is 8.48. The molecule has 4 heteroatoms. The summed E-state index contributed by atoms with van der Waals surface area (Å²) in [6.07, 6.45) is 0.394. The van der Waals surface area contributed by atoms with E-state index in [9.17, 15) is 9.90 Å². The number of carbonyl (C=O) groups is 1. The van der Waals surface area contributed by atoms with E-state index in [2.05, 4.69) is 40.3 Å². The highest BCUT2D eigenvalue weighted by molar-refractivity contribution is 5.94. The van der Waals surface area contributed by atoms with Crippen molar-refractivity contribution in [2.45, 2.75) is 19.1 Å². The van der Waals surface area contributed by atoms with Gasteiger partial charge in [-0.15, -0.1) is 0 Å². The minimum atomic E-state index is -0.604. The average Bonchev–Trinajstić information content (AvgIpc) is 2.65. The molecule has 0 aromatic heterocycles. The Kier molecular flexibility index (Phi) is 5.84. The molecule has 2 N–H and O–H groups in total. The largest absolute Gasteiger partial charge is 0.390 e. The zero-order chi connectivity index (χ0) is 17.5. The van der Waals surface area contributed by atoms with E-state index < -0.39 is 6.10 Å². The molecule has 1 atom stereocenters. The smallest absolute Gasteiger partial charge is 0.296 e. The van der Waals surface area contributed by atoms with Gasteiger partial charge in [-0.25, -0.2) is 0 Å². The van der Waals surface area contributed by atoms with Gasteiger partial charge in [0.15, 0.2) is 0 Å². The Hall–Kier alpha value is -2.61. The highest BCUT2D eigenvalue weighted by Crippen LogP contribution is 2.18. The summed E-state index contributed by atoms with van der Waals surface area (Å²) in [6.45, 7) is 2.52. The number of hydrogen-bond acceptors (Lipinski definition) is 3. The molecule has 2 aromatic carbocycles. The van der Waals surface area contributed by atoms with Gasteiger partial charge < -0.3 is 10.4 Å².